The molecule has 0 bridgehead atoms. The van der Waals surface area contributed by atoms with Crippen LogP contribution in [0.1, 0.15) is 12.5 Å². The Morgan fingerprint density at radius 2 is 2.07 bits per heavy atom. The van der Waals surface area contributed by atoms with Crippen LogP contribution in [-0.4, -0.2) is 35.3 Å². The van der Waals surface area contributed by atoms with E-state index in [2.05, 4.69) is 28.3 Å². The van der Waals surface area contributed by atoms with E-state index in [0.717, 1.165) is 41.8 Å². The van der Waals surface area contributed by atoms with Crippen LogP contribution in [0.2, 0.25) is 0 Å². The highest BCUT2D eigenvalue weighted by Crippen LogP contribution is 2.26. The van der Waals surface area contributed by atoms with Crippen molar-refractivity contribution in [3.63, 3.8) is 0 Å². The minimum Gasteiger partial charge on any atom is -0.422 e. The Bertz CT molecular complexity index is 1240. The van der Waals surface area contributed by atoms with E-state index in [0.29, 0.717) is 22.9 Å². The first-order valence-corrected chi connectivity index (χ1v) is 9.59. The lowest BCUT2D eigenvalue weighted by molar-refractivity contribution is 0.484. The zero-order valence-electron chi connectivity index (χ0n) is 16.0. The first-order chi connectivity index (χ1) is 13.6. The summed E-state index contributed by atoms with van der Waals surface area (Å²) in [5.74, 6) is 0. The first-order valence-electron chi connectivity index (χ1n) is 9.59. The molecular weight excluding hydrogens is 352 g/mol. The molecule has 28 heavy (non-hydrogen) atoms. The van der Waals surface area contributed by atoms with Crippen LogP contribution in [0.4, 0.5) is 5.69 Å². The van der Waals surface area contributed by atoms with Crippen LogP contribution in [0, 0.1) is 6.92 Å². The van der Waals surface area contributed by atoms with Crippen LogP contribution in [0.15, 0.2) is 57.9 Å². The Balaban J connectivity index is 1.56. The van der Waals surface area contributed by atoms with E-state index in [4.69, 9.17) is 4.42 Å². The van der Waals surface area contributed by atoms with E-state index in [9.17, 15) is 4.79 Å². The predicted molar refractivity (Wildman–Crippen MR) is 111 cm³/mol. The van der Waals surface area contributed by atoms with E-state index >= 15 is 0 Å². The topological polar surface area (TPSA) is 62.8 Å². The molecule has 1 aliphatic heterocycles. The van der Waals surface area contributed by atoms with Crippen molar-refractivity contribution >= 4 is 22.2 Å². The van der Waals surface area contributed by atoms with E-state index in [-0.39, 0.29) is 5.63 Å². The molecule has 0 saturated carbocycles. The fraction of sp³-hybridized carbons (Fsp3) is 0.273. The Morgan fingerprint density at radius 3 is 2.93 bits per heavy atom. The van der Waals surface area contributed by atoms with Gasteiger partial charge in [-0.05, 0) is 55.8 Å². The number of nitrogens with zero attached hydrogens (tertiary/aromatic N) is 3. The third-order valence-corrected chi connectivity index (χ3v) is 5.35. The lowest BCUT2D eigenvalue weighted by atomic mass is 10.1. The number of anilines is 1. The van der Waals surface area contributed by atoms with Crippen LogP contribution < -0.4 is 15.8 Å². The van der Waals surface area contributed by atoms with Crippen LogP contribution in [0.3, 0.4) is 0 Å². The molecule has 1 fully saturated rings. The molecular formula is C22H22N4O2. The Hall–Kier alpha value is -3.12. The molecule has 142 valence electrons. The van der Waals surface area contributed by atoms with E-state index in [1.165, 1.54) is 0 Å². The van der Waals surface area contributed by atoms with Gasteiger partial charge in [-0.2, -0.15) is 5.10 Å². The lowest BCUT2D eigenvalue weighted by Crippen LogP contribution is -2.49. The number of aryl methyl sites for hydroxylation is 1. The van der Waals surface area contributed by atoms with E-state index in [1.807, 2.05) is 49.5 Å². The van der Waals surface area contributed by atoms with Crippen molar-refractivity contribution in [2.75, 3.05) is 24.5 Å². The van der Waals surface area contributed by atoms with Gasteiger partial charge in [0.15, 0.2) is 0 Å². The maximum absolute atomic E-state index is 12.7. The van der Waals surface area contributed by atoms with Gasteiger partial charge < -0.3 is 14.6 Å². The number of benzene rings is 1. The summed E-state index contributed by atoms with van der Waals surface area (Å²) in [6.45, 7) is 7.05. The summed E-state index contributed by atoms with van der Waals surface area (Å²) in [7, 11) is 0. The minimum absolute atomic E-state index is 0.363. The second kappa shape index (κ2) is 6.49. The van der Waals surface area contributed by atoms with Gasteiger partial charge >= 0.3 is 5.63 Å². The highest BCUT2D eigenvalue weighted by Gasteiger charge is 2.17. The van der Waals surface area contributed by atoms with Gasteiger partial charge in [0, 0.05) is 49.0 Å². The molecule has 0 spiro atoms. The van der Waals surface area contributed by atoms with E-state index < -0.39 is 0 Å². The van der Waals surface area contributed by atoms with Crippen molar-refractivity contribution in [3.8, 4) is 11.3 Å². The van der Waals surface area contributed by atoms with Crippen molar-refractivity contribution < 1.29 is 4.42 Å². The van der Waals surface area contributed by atoms with Gasteiger partial charge in [-0.3, -0.25) is 0 Å². The monoisotopic (exact) mass is 374 g/mol. The number of nitrogens with one attached hydrogen (secondary N) is 1. The van der Waals surface area contributed by atoms with Crippen LogP contribution in [0.25, 0.3) is 27.7 Å². The summed E-state index contributed by atoms with van der Waals surface area (Å²) >= 11 is 0. The Kier molecular flexibility index (Phi) is 3.94. The molecule has 1 atom stereocenters. The fourth-order valence-corrected chi connectivity index (χ4v) is 3.88. The number of pyridine rings is 1. The third kappa shape index (κ3) is 2.96. The SMILES string of the molecule is Cc1ccn2nc(-c3cc4ccc(N5CCN[C@H](C)C5)cc4oc3=O)cc2c1. The zero-order chi connectivity index (χ0) is 19.3. The summed E-state index contributed by atoms with van der Waals surface area (Å²) in [6.07, 6.45) is 1.90. The molecule has 0 unspecified atom stereocenters. The predicted octanol–water partition coefficient (Wildman–Crippen LogP) is 3.21. The van der Waals surface area contributed by atoms with Gasteiger partial charge in [0.2, 0.25) is 0 Å². The summed E-state index contributed by atoms with van der Waals surface area (Å²) in [5, 5.41) is 8.87. The maximum Gasteiger partial charge on any atom is 0.345 e. The van der Waals surface area contributed by atoms with Crippen molar-refractivity contribution in [1.29, 1.82) is 0 Å². The minimum atomic E-state index is -0.363. The van der Waals surface area contributed by atoms with Gasteiger partial charge in [-0.1, -0.05) is 0 Å². The molecule has 0 radical (unpaired) electrons. The standard InChI is InChI=1S/C22H22N4O2/c1-14-5-7-26-18(9-14)11-20(24-26)19-10-16-3-4-17(12-21(16)28-22(19)27)25-8-6-23-15(2)13-25/h3-5,7,9-12,15,23H,6,8,13H2,1-2H3/t15-/m1/s1. The quantitative estimate of drug-likeness (QED) is 0.546. The number of piperazine rings is 1. The number of rotatable bonds is 2. The Morgan fingerprint density at radius 1 is 1.18 bits per heavy atom. The van der Waals surface area contributed by atoms with Gasteiger partial charge in [0.25, 0.3) is 0 Å². The lowest BCUT2D eigenvalue weighted by Gasteiger charge is -2.33. The van der Waals surface area contributed by atoms with Crippen molar-refractivity contribution in [2.24, 2.45) is 0 Å². The average molecular weight is 374 g/mol. The molecule has 6 nitrogen and oxygen atoms in total. The first kappa shape index (κ1) is 17.0. The molecule has 1 aromatic carbocycles. The average Bonchev–Trinajstić information content (AvgIpc) is 3.10. The molecule has 6 heteroatoms. The molecule has 1 saturated heterocycles. The smallest absolute Gasteiger partial charge is 0.345 e. The second-order valence-corrected chi connectivity index (χ2v) is 7.57. The van der Waals surface area contributed by atoms with Crippen molar-refractivity contribution in [3.05, 3.63) is 64.6 Å². The molecule has 4 heterocycles. The molecule has 3 aromatic heterocycles. The molecule has 4 aromatic rings. The highest BCUT2D eigenvalue weighted by molar-refractivity contribution is 5.84. The summed E-state index contributed by atoms with van der Waals surface area (Å²) in [6, 6.07) is 14.3. The number of hydrogen-bond acceptors (Lipinski definition) is 5. The third-order valence-electron chi connectivity index (χ3n) is 5.35. The van der Waals surface area contributed by atoms with Gasteiger partial charge in [-0.15, -0.1) is 0 Å². The molecule has 0 amide bonds. The number of fused-ring (bicyclic) bond motifs is 2. The number of aromatic nitrogens is 2. The van der Waals surface area contributed by atoms with Gasteiger partial charge in [0.05, 0.1) is 11.1 Å². The summed E-state index contributed by atoms with van der Waals surface area (Å²) < 4.78 is 7.46. The summed E-state index contributed by atoms with van der Waals surface area (Å²) in [4.78, 5) is 15.0. The van der Waals surface area contributed by atoms with Gasteiger partial charge in [-0.25, -0.2) is 9.31 Å². The number of hydrogen-bond donors (Lipinski definition) is 1. The van der Waals surface area contributed by atoms with Crippen LogP contribution in [0.5, 0.6) is 0 Å². The Labute approximate surface area is 162 Å². The second-order valence-electron chi connectivity index (χ2n) is 7.57. The molecule has 0 aliphatic carbocycles. The molecule has 1 aliphatic rings. The van der Waals surface area contributed by atoms with Crippen molar-refractivity contribution in [1.82, 2.24) is 14.9 Å². The zero-order valence-corrected chi connectivity index (χ0v) is 16.0. The molecule has 1 N–H and O–H groups in total. The fourth-order valence-electron chi connectivity index (χ4n) is 3.88. The molecule has 5 rings (SSSR count). The maximum atomic E-state index is 12.7. The normalized spacial score (nSPS) is 17.5. The largest absolute Gasteiger partial charge is 0.422 e. The van der Waals surface area contributed by atoms with Crippen LogP contribution >= 0.6 is 0 Å². The van der Waals surface area contributed by atoms with Gasteiger partial charge in [0.1, 0.15) is 11.3 Å². The summed E-state index contributed by atoms with van der Waals surface area (Å²) in [5.41, 5.74) is 4.55. The highest BCUT2D eigenvalue weighted by atomic mass is 16.4. The van der Waals surface area contributed by atoms with E-state index in [1.54, 1.807) is 4.52 Å². The van der Waals surface area contributed by atoms with Crippen molar-refractivity contribution in [2.45, 2.75) is 19.9 Å². The van der Waals surface area contributed by atoms with Crippen LogP contribution in [-0.2, 0) is 0 Å².